The Balaban J connectivity index is 2.15. The van der Waals surface area contributed by atoms with Gasteiger partial charge in [-0.05, 0) is 43.5 Å². The van der Waals surface area contributed by atoms with Gasteiger partial charge >= 0.3 is 0 Å². The minimum Gasteiger partial charge on any atom is -0.393 e. The molecular formula is C17H24FN3O. The van der Waals surface area contributed by atoms with Crippen molar-refractivity contribution in [1.29, 1.82) is 0 Å². The van der Waals surface area contributed by atoms with Crippen LogP contribution < -0.4 is 5.32 Å². The molecule has 5 heteroatoms. The number of benzene rings is 1. The predicted molar refractivity (Wildman–Crippen MR) is 84.9 cm³/mol. The van der Waals surface area contributed by atoms with Crippen LogP contribution in [0.25, 0.3) is 0 Å². The van der Waals surface area contributed by atoms with Crippen LogP contribution in [0.15, 0.2) is 36.7 Å². The van der Waals surface area contributed by atoms with E-state index < -0.39 is 0 Å². The zero-order valence-electron chi connectivity index (χ0n) is 13.3. The third-order valence-corrected chi connectivity index (χ3v) is 3.65. The molecule has 2 N–H and O–H groups in total. The highest BCUT2D eigenvalue weighted by atomic mass is 19.1. The molecule has 0 radical (unpaired) electrons. The van der Waals surface area contributed by atoms with E-state index in [1.165, 1.54) is 6.07 Å². The largest absolute Gasteiger partial charge is 0.393 e. The summed E-state index contributed by atoms with van der Waals surface area (Å²) in [6, 6.07) is 6.51. The molecule has 0 fully saturated rings. The van der Waals surface area contributed by atoms with Gasteiger partial charge in [0, 0.05) is 18.8 Å². The van der Waals surface area contributed by atoms with Crippen LogP contribution >= 0.6 is 0 Å². The number of nitrogens with one attached hydrogen (secondary N) is 1. The van der Waals surface area contributed by atoms with E-state index in [-0.39, 0.29) is 18.0 Å². The summed E-state index contributed by atoms with van der Waals surface area (Å²) in [4.78, 5) is 0. The first-order valence-corrected chi connectivity index (χ1v) is 7.61. The van der Waals surface area contributed by atoms with Crippen LogP contribution in [0.5, 0.6) is 0 Å². The smallest absolute Gasteiger partial charge is 0.123 e. The number of rotatable bonds is 7. The van der Waals surface area contributed by atoms with E-state index >= 15 is 0 Å². The maximum Gasteiger partial charge on any atom is 0.123 e. The Morgan fingerprint density at radius 3 is 2.68 bits per heavy atom. The fourth-order valence-electron chi connectivity index (χ4n) is 2.69. The summed E-state index contributed by atoms with van der Waals surface area (Å²) in [5.41, 5.74) is 1.87. The Morgan fingerprint density at radius 1 is 1.32 bits per heavy atom. The molecule has 120 valence electrons. The Kier molecular flexibility index (Phi) is 5.69. The second-order valence-electron chi connectivity index (χ2n) is 6.03. The lowest BCUT2D eigenvalue weighted by Gasteiger charge is -2.21. The molecule has 2 aromatic rings. The SMILES string of the molecule is CC(O)CC(C)CNC(c1cccc(F)c1)c1cnn(C)c1. The fraction of sp³-hybridized carbons (Fsp3) is 0.471. The zero-order chi connectivity index (χ0) is 16.1. The average molecular weight is 305 g/mol. The minimum atomic E-state index is -0.317. The molecule has 0 aliphatic rings. The van der Waals surface area contributed by atoms with Gasteiger partial charge < -0.3 is 10.4 Å². The molecule has 0 spiro atoms. The van der Waals surface area contributed by atoms with Crippen molar-refractivity contribution in [2.24, 2.45) is 13.0 Å². The van der Waals surface area contributed by atoms with Gasteiger partial charge in [0.1, 0.15) is 5.82 Å². The maximum absolute atomic E-state index is 13.5. The molecule has 0 aliphatic carbocycles. The number of aliphatic hydroxyl groups excluding tert-OH is 1. The first-order valence-electron chi connectivity index (χ1n) is 7.61. The van der Waals surface area contributed by atoms with Crippen LogP contribution in [0.1, 0.15) is 37.4 Å². The summed E-state index contributed by atoms with van der Waals surface area (Å²) in [5, 5.41) is 17.1. The number of aliphatic hydroxyl groups is 1. The summed E-state index contributed by atoms with van der Waals surface area (Å²) in [7, 11) is 1.86. The molecule has 0 saturated heterocycles. The molecule has 0 amide bonds. The Morgan fingerprint density at radius 2 is 2.09 bits per heavy atom. The van der Waals surface area contributed by atoms with Crippen molar-refractivity contribution in [3.63, 3.8) is 0 Å². The van der Waals surface area contributed by atoms with Gasteiger partial charge in [0.2, 0.25) is 0 Å². The molecule has 3 atom stereocenters. The first kappa shape index (κ1) is 16.6. The average Bonchev–Trinajstić information content (AvgIpc) is 2.85. The quantitative estimate of drug-likeness (QED) is 0.827. The standard InChI is InChI=1S/C17H24FN3O/c1-12(7-13(2)22)9-19-17(15-10-20-21(3)11-15)14-5-4-6-16(18)8-14/h4-6,8,10-13,17,19,22H,7,9H2,1-3H3. The van der Waals surface area contributed by atoms with Gasteiger partial charge in [0.25, 0.3) is 0 Å². The summed E-state index contributed by atoms with van der Waals surface area (Å²) >= 11 is 0. The molecule has 0 aliphatic heterocycles. The van der Waals surface area contributed by atoms with Gasteiger partial charge in [-0.15, -0.1) is 0 Å². The Labute approximate surface area is 131 Å². The number of aromatic nitrogens is 2. The number of aryl methyl sites for hydroxylation is 1. The number of nitrogens with zero attached hydrogens (tertiary/aromatic N) is 2. The highest BCUT2D eigenvalue weighted by Crippen LogP contribution is 2.23. The lowest BCUT2D eigenvalue weighted by Crippen LogP contribution is -2.28. The van der Waals surface area contributed by atoms with Crippen LogP contribution in [0.4, 0.5) is 4.39 Å². The number of halogens is 1. The Bertz CT molecular complexity index is 597. The zero-order valence-corrected chi connectivity index (χ0v) is 13.3. The van der Waals surface area contributed by atoms with Gasteiger partial charge in [0.05, 0.1) is 18.3 Å². The number of hydrogen-bond donors (Lipinski definition) is 2. The van der Waals surface area contributed by atoms with E-state index in [2.05, 4.69) is 17.3 Å². The highest BCUT2D eigenvalue weighted by Gasteiger charge is 2.17. The third kappa shape index (κ3) is 4.64. The predicted octanol–water partition coefficient (Wildman–Crippen LogP) is 2.65. The van der Waals surface area contributed by atoms with Crippen molar-refractivity contribution in [3.8, 4) is 0 Å². The monoisotopic (exact) mass is 305 g/mol. The van der Waals surface area contributed by atoms with E-state index in [1.807, 2.05) is 19.3 Å². The third-order valence-electron chi connectivity index (χ3n) is 3.65. The summed E-state index contributed by atoms with van der Waals surface area (Å²) in [6.07, 6.45) is 4.14. The molecule has 0 bridgehead atoms. The topological polar surface area (TPSA) is 50.1 Å². The van der Waals surface area contributed by atoms with Crippen molar-refractivity contribution >= 4 is 0 Å². The van der Waals surface area contributed by atoms with Crippen molar-refractivity contribution in [1.82, 2.24) is 15.1 Å². The highest BCUT2D eigenvalue weighted by molar-refractivity contribution is 5.29. The molecule has 1 heterocycles. The molecule has 0 saturated carbocycles. The minimum absolute atomic E-state index is 0.110. The van der Waals surface area contributed by atoms with E-state index in [4.69, 9.17) is 0 Å². The van der Waals surface area contributed by atoms with Gasteiger partial charge in [0.15, 0.2) is 0 Å². The second kappa shape index (κ2) is 7.51. The van der Waals surface area contributed by atoms with E-state index in [9.17, 15) is 9.50 Å². The summed E-state index contributed by atoms with van der Waals surface area (Å²) < 4.78 is 15.3. The van der Waals surface area contributed by atoms with Gasteiger partial charge in [-0.2, -0.15) is 5.10 Å². The van der Waals surface area contributed by atoms with E-state index in [0.29, 0.717) is 5.92 Å². The van der Waals surface area contributed by atoms with E-state index in [1.54, 1.807) is 29.9 Å². The molecular weight excluding hydrogens is 281 g/mol. The van der Waals surface area contributed by atoms with E-state index in [0.717, 1.165) is 24.1 Å². The van der Waals surface area contributed by atoms with Crippen molar-refractivity contribution in [2.45, 2.75) is 32.4 Å². The van der Waals surface area contributed by atoms with Crippen LogP contribution in [0, 0.1) is 11.7 Å². The fourth-order valence-corrected chi connectivity index (χ4v) is 2.69. The van der Waals surface area contributed by atoms with Crippen molar-refractivity contribution in [2.75, 3.05) is 6.54 Å². The van der Waals surface area contributed by atoms with Crippen molar-refractivity contribution < 1.29 is 9.50 Å². The molecule has 1 aromatic carbocycles. The first-order chi connectivity index (χ1) is 10.5. The molecule has 22 heavy (non-hydrogen) atoms. The summed E-state index contributed by atoms with van der Waals surface area (Å²) in [5.74, 6) is 0.0814. The lowest BCUT2D eigenvalue weighted by molar-refractivity contribution is 0.163. The molecule has 3 unspecified atom stereocenters. The molecule has 4 nitrogen and oxygen atoms in total. The molecule has 2 rings (SSSR count). The van der Waals surface area contributed by atoms with Gasteiger partial charge in [-0.3, -0.25) is 4.68 Å². The normalized spacial score (nSPS) is 15.5. The van der Waals surface area contributed by atoms with Crippen molar-refractivity contribution in [3.05, 3.63) is 53.6 Å². The maximum atomic E-state index is 13.5. The molecule has 1 aromatic heterocycles. The Hall–Kier alpha value is -1.72. The summed E-state index contributed by atoms with van der Waals surface area (Å²) in [6.45, 7) is 4.62. The van der Waals surface area contributed by atoms with Crippen LogP contribution in [-0.2, 0) is 7.05 Å². The van der Waals surface area contributed by atoms with Crippen LogP contribution in [0.2, 0.25) is 0 Å². The lowest BCUT2D eigenvalue weighted by atomic mass is 9.99. The van der Waals surface area contributed by atoms with Crippen LogP contribution in [0.3, 0.4) is 0 Å². The second-order valence-corrected chi connectivity index (χ2v) is 6.03. The number of hydrogen-bond acceptors (Lipinski definition) is 3. The van der Waals surface area contributed by atoms with Crippen LogP contribution in [-0.4, -0.2) is 27.5 Å². The van der Waals surface area contributed by atoms with Gasteiger partial charge in [-0.1, -0.05) is 19.1 Å². The van der Waals surface area contributed by atoms with Gasteiger partial charge in [-0.25, -0.2) is 4.39 Å².